The second-order valence-electron chi connectivity index (χ2n) is 8.45. The number of halogens is 7. The van der Waals surface area contributed by atoms with Gasteiger partial charge in [-0.15, -0.1) is 0 Å². The normalized spacial score (nSPS) is 20.2. The van der Waals surface area contributed by atoms with Crippen LogP contribution in [0, 0.1) is 5.82 Å². The van der Waals surface area contributed by atoms with Crippen LogP contribution < -0.4 is 5.69 Å². The van der Waals surface area contributed by atoms with Gasteiger partial charge in [-0.3, -0.25) is 9.88 Å². The summed E-state index contributed by atoms with van der Waals surface area (Å²) in [4.78, 5) is 15.7. The first kappa shape index (κ1) is 26.8. The number of rotatable bonds is 6. The van der Waals surface area contributed by atoms with Crippen molar-refractivity contribution in [2.24, 2.45) is 0 Å². The number of ether oxygens (including phenoxy) is 2. The van der Waals surface area contributed by atoms with E-state index in [4.69, 9.17) is 9.47 Å². The number of hydrogen-bond acceptors (Lipinski definition) is 5. The van der Waals surface area contributed by atoms with Gasteiger partial charge >= 0.3 is 18.0 Å². The SMILES string of the molecule is C[C@H](O[C@@H]1OCCN(Cc2n[nH]c(=O)[nH]2)[C@@H]1c1ccc(F)cc1)c1cc(C(F)(F)F)cc(C(F)(F)F)c1. The van der Waals surface area contributed by atoms with Gasteiger partial charge in [0.1, 0.15) is 11.6 Å². The maximum Gasteiger partial charge on any atom is 0.416 e. The average molecular weight is 534 g/mol. The van der Waals surface area contributed by atoms with Gasteiger partial charge in [-0.25, -0.2) is 14.3 Å². The largest absolute Gasteiger partial charge is 0.416 e. The molecule has 0 spiro atoms. The summed E-state index contributed by atoms with van der Waals surface area (Å²) >= 11 is 0. The van der Waals surface area contributed by atoms with Crippen molar-refractivity contribution < 1.29 is 40.2 Å². The fourth-order valence-electron chi connectivity index (χ4n) is 4.07. The van der Waals surface area contributed by atoms with Crippen LogP contribution in [0.2, 0.25) is 0 Å². The van der Waals surface area contributed by atoms with Gasteiger partial charge in [-0.2, -0.15) is 31.4 Å². The van der Waals surface area contributed by atoms with E-state index in [9.17, 15) is 35.5 Å². The molecule has 200 valence electrons. The second-order valence-corrected chi connectivity index (χ2v) is 8.45. The lowest BCUT2D eigenvalue weighted by molar-refractivity contribution is -0.231. The Morgan fingerprint density at radius 1 is 1.08 bits per heavy atom. The minimum Gasteiger partial charge on any atom is -0.349 e. The molecule has 0 amide bonds. The van der Waals surface area contributed by atoms with Gasteiger partial charge in [0.05, 0.1) is 36.4 Å². The summed E-state index contributed by atoms with van der Waals surface area (Å²) in [7, 11) is 0. The summed E-state index contributed by atoms with van der Waals surface area (Å²) in [5, 5.41) is 6.10. The van der Waals surface area contributed by atoms with Crippen molar-refractivity contribution in [3.05, 3.63) is 86.8 Å². The Morgan fingerprint density at radius 2 is 1.70 bits per heavy atom. The van der Waals surface area contributed by atoms with Crippen LogP contribution in [0.4, 0.5) is 30.7 Å². The summed E-state index contributed by atoms with van der Waals surface area (Å²) in [6.07, 6.45) is -12.4. The van der Waals surface area contributed by atoms with Gasteiger partial charge in [0, 0.05) is 6.54 Å². The van der Waals surface area contributed by atoms with Crippen molar-refractivity contribution in [3.8, 4) is 0 Å². The van der Waals surface area contributed by atoms with E-state index >= 15 is 0 Å². The quantitative estimate of drug-likeness (QED) is 0.438. The number of aromatic amines is 2. The molecule has 37 heavy (non-hydrogen) atoms. The molecule has 0 unspecified atom stereocenters. The van der Waals surface area contributed by atoms with Crippen LogP contribution in [0.1, 0.15) is 47.1 Å². The van der Waals surface area contributed by atoms with Gasteiger partial charge in [0.2, 0.25) is 0 Å². The van der Waals surface area contributed by atoms with Gasteiger partial charge in [0.15, 0.2) is 6.29 Å². The first-order valence-electron chi connectivity index (χ1n) is 11.0. The first-order chi connectivity index (χ1) is 17.3. The molecule has 4 rings (SSSR count). The van der Waals surface area contributed by atoms with Crippen molar-refractivity contribution in [2.45, 2.75) is 44.3 Å². The van der Waals surface area contributed by atoms with Crippen LogP contribution in [0.25, 0.3) is 0 Å². The smallest absolute Gasteiger partial charge is 0.349 e. The zero-order chi connectivity index (χ0) is 27.0. The fourth-order valence-corrected chi connectivity index (χ4v) is 4.07. The molecule has 14 heteroatoms. The number of alkyl halides is 6. The first-order valence-corrected chi connectivity index (χ1v) is 11.0. The van der Waals surface area contributed by atoms with Gasteiger partial charge in [-0.1, -0.05) is 12.1 Å². The van der Waals surface area contributed by atoms with E-state index in [-0.39, 0.29) is 30.6 Å². The third-order valence-corrected chi connectivity index (χ3v) is 5.84. The number of nitrogens with zero attached hydrogens (tertiary/aromatic N) is 2. The highest BCUT2D eigenvalue weighted by molar-refractivity contribution is 5.34. The topological polar surface area (TPSA) is 83.2 Å². The molecular weight excluding hydrogens is 513 g/mol. The van der Waals surface area contributed by atoms with Gasteiger partial charge < -0.3 is 9.47 Å². The molecule has 1 saturated heterocycles. The Kier molecular flexibility index (Phi) is 7.44. The fraction of sp³-hybridized carbons (Fsp3) is 0.391. The summed E-state index contributed by atoms with van der Waals surface area (Å²) in [5.74, 6) is -0.239. The minimum atomic E-state index is -5.01. The van der Waals surface area contributed by atoms with Gasteiger partial charge in [0.25, 0.3) is 0 Å². The summed E-state index contributed by atoms with van der Waals surface area (Å²) in [5.41, 5.74) is -3.30. The molecule has 1 aromatic heterocycles. The summed E-state index contributed by atoms with van der Waals surface area (Å²) < 4.78 is 105. The van der Waals surface area contributed by atoms with E-state index in [1.807, 2.05) is 0 Å². The van der Waals surface area contributed by atoms with Crippen molar-refractivity contribution in [1.82, 2.24) is 20.1 Å². The molecule has 2 heterocycles. The van der Waals surface area contributed by atoms with E-state index in [2.05, 4.69) is 15.2 Å². The molecule has 1 aliphatic rings. The number of H-pyrrole nitrogens is 2. The molecule has 0 aliphatic carbocycles. The number of nitrogens with one attached hydrogen (secondary N) is 2. The highest BCUT2D eigenvalue weighted by Crippen LogP contribution is 2.39. The van der Waals surface area contributed by atoms with E-state index in [0.29, 0.717) is 24.2 Å². The van der Waals surface area contributed by atoms with Crippen LogP contribution in [0.15, 0.2) is 47.3 Å². The zero-order valence-electron chi connectivity index (χ0n) is 19.2. The third kappa shape index (κ3) is 6.37. The molecule has 1 fully saturated rings. The molecule has 7 nitrogen and oxygen atoms in total. The summed E-state index contributed by atoms with van der Waals surface area (Å²) in [6, 6.07) is 5.79. The van der Waals surface area contributed by atoms with E-state index in [1.165, 1.54) is 31.2 Å². The lowest BCUT2D eigenvalue weighted by atomic mass is 10.0. The monoisotopic (exact) mass is 534 g/mol. The summed E-state index contributed by atoms with van der Waals surface area (Å²) in [6.45, 7) is 1.82. The van der Waals surface area contributed by atoms with Crippen LogP contribution >= 0.6 is 0 Å². The Balaban J connectivity index is 1.66. The molecular formula is C23H21F7N4O3. The van der Waals surface area contributed by atoms with Crippen molar-refractivity contribution in [2.75, 3.05) is 13.2 Å². The maximum atomic E-state index is 13.6. The molecule has 3 atom stereocenters. The predicted molar refractivity (Wildman–Crippen MR) is 114 cm³/mol. The Bertz CT molecular complexity index is 1240. The molecule has 0 saturated carbocycles. The zero-order valence-corrected chi connectivity index (χ0v) is 19.2. The van der Waals surface area contributed by atoms with Crippen LogP contribution in [0.5, 0.6) is 0 Å². The Labute approximate surface area is 205 Å². The number of benzene rings is 2. The minimum absolute atomic E-state index is 0.0427. The van der Waals surface area contributed by atoms with E-state index in [0.717, 1.165) is 0 Å². The van der Waals surface area contributed by atoms with Crippen LogP contribution in [-0.4, -0.2) is 39.5 Å². The van der Waals surface area contributed by atoms with Crippen molar-refractivity contribution >= 4 is 0 Å². The molecule has 0 bridgehead atoms. The highest BCUT2D eigenvalue weighted by Gasteiger charge is 2.39. The highest BCUT2D eigenvalue weighted by atomic mass is 19.4. The van der Waals surface area contributed by atoms with E-state index < -0.39 is 53.4 Å². The molecule has 0 radical (unpaired) electrons. The molecule has 1 aliphatic heterocycles. The van der Waals surface area contributed by atoms with E-state index in [1.54, 1.807) is 4.90 Å². The number of aromatic nitrogens is 3. The van der Waals surface area contributed by atoms with Crippen molar-refractivity contribution in [1.29, 1.82) is 0 Å². The number of hydrogen-bond donors (Lipinski definition) is 2. The van der Waals surface area contributed by atoms with Crippen molar-refractivity contribution in [3.63, 3.8) is 0 Å². The predicted octanol–water partition coefficient (Wildman–Crippen LogP) is 4.95. The Hall–Kier alpha value is -3.23. The lowest BCUT2D eigenvalue weighted by Gasteiger charge is -2.41. The second kappa shape index (κ2) is 10.3. The standard InChI is InChI=1S/C23H21F7N4O3/c1-12(14-8-15(22(25,26)27)10-16(9-14)23(28,29)30)37-20-19(13-2-4-17(24)5-3-13)34(6-7-36-20)11-18-31-21(35)33-32-18/h2-5,8-10,12,19-20H,6-7,11H2,1H3,(H2,31,32,33,35)/t12-,19+,20-/m0/s1. The number of morpholine rings is 1. The Morgan fingerprint density at radius 3 is 2.24 bits per heavy atom. The molecule has 2 N–H and O–H groups in total. The average Bonchev–Trinajstić information content (AvgIpc) is 3.23. The lowest BCUT2D eigenvalue weighted by Crippen LogP contribution is -2.46. The maximum absolute atomic E-state index is 13.6. The van der Waals surface area contributed by atoms with Crippen LogP contribution in [-0.2, 0) is 28.4 Å². The molecule has 3 aromatic rings. The third-order valence-electron chi connectivity index (χ3n) is 5.84. The van der Waals surface area contributed by atoms with Gasteiger partial charge in [-0.05, 0) is 48.4 Å². The van der Waals surface area contributed by atoms with Crippen LogP contribution in [0.3, 0.4) is 0 Å². The molecule has 2 aromatic carbocycles.